The number of anilines is 1. The molecule has 3 rings (SSSR count). The van der Waals surface area contributed by atoms with E-state index in [0.29, 0.717) is 19.6 Å². The third-order valence-electron chi connectivity index (χ3n) is 5.31. The van der Waals surface area contributed by atoms with E-state index in [9.17, 15) is 9.18 Å². The number of rotatable bonds is 5. The first kappa shape index (κ1) is 20.0. The van der Waals surface area contributed by atoms with E-state index < -0.39 is 0 Å². The topological polar surface area (TPSA) is 44.8 Å². The Morgan fingerprint density at radius 1 is 1.04 bits per heavy atom. The molecule has 0 unspecified atom stereocenters. The Hall–Kier alpha value is -2.76. The van der Waals surface area contributed by atoms with Gasteiger partial charge in [0.15, 0.2) is 0 Å². The van der Waals surface area contributed by atoms with Gasteiger partial charge in [0.25, 0.3) is 0 Å². The molecule has 0 spiro atoms. The van der Waals surface area contributed by atoms with Crippen LogP contribution in [0.2, 0.25) is 0 Å². The summed E-state index contributed by atoms with van der Waals surface area (Å²) in [5, 5.41) is 3.07. The van der Waals surface area contributed by atoms with Crippen molar-refractivity contribution in [2.75, 3.05) is 44.7 Å². The van der Waals surface area contributed by atoms with Gasteiger partial charge < -0.3 is 19.9 Å². The van der Waals surface area contributed by atoms with E-state index in [1.807, 2.05) is 29.2 Å². The molecule has 6 heteroatoms. The van der Waals surface area contributed by atoms with Crippen LogP contribution in [0.4, 0.5) is 14.9 Å². The number of benzene rings is 2. The first-order valence-electron chi connectivity index (χ1n) is 9.57. The van der Waals surface area contributed by atoms with Crippen LogP contribution in [-0.2, 0) is 5.41 Å². The van der Waals surface area contributed by atoms with Gasteiger partial charge in [-0.25, -0.2) is 9.18 Å². The molecule has 0 aromatic heterocycles. The number of carbonyl (C=O) groups excluding carboxylic acids is 1. The number of carbonyl (C=O) groups is 1. The molecule has 1 aliphatic heterocycles. The minimum atomic E-state index is -0.235. The maximum Gasteiger partial charge on any atom is 0.317 e. The SMILES string of the molecule is COc1ccc(C(C)(C)CNC(=O)N2CCN(c3ccc(F)cc3)CC2)cc1. The van der Waals surface area contributed by atoms with Gasteiger partial charge in [0.05, 0.1) is 7.11 Å². The summed E-state index contributed by atoms with van der Waals surface area (Å²) in [7, 11) is 1.65. The molecule has 1 aliphatic rings. The van der Waals surface area contributed by atoms with E-state index in [0.717, 1.165) is 30.1 Å². The van der Waals surface area contributed by atoms with Crippen LogP contribution < -0.4 is 15.0 Å². The summed E-state index contributed by atoms with van der Waals surface area (Å²) in [6.07, 6.45) is 0. The standard InChI is InChI=1S/C22H28FN3O2/c1-22(2,17-4-10-20(28-3)11-5-17)16-24-21(27)26-14-12-25(13-15-26)19-8-6-18(23)7-9-19/h4-11H,12-16H2,1-3H3,(H,24,27). The van der Waals surface area contributed by atoms with E-state index in [1.54, 1.807) is 19.2 Å². The van der Waals surface area contributed by atoms with Crippen LogP contribution in [0.1, 0.15) is 19.4 Å². The fourth-order valence-corrected chi connectivity index (χ4v) is 3.37. The van der Waals surface area contributed by atoms with Crippen molar-refractivity contribution in [3.8, 4) is 5.75 Å². The lowest BCUT2D eigenvalue weighted by molar-refractivity contribution is 0.192. The number of ether oxygens (including phenoxy) is 1. The Morgan fingerprint density at radius 2 is 1.64 bits per heavy atom. The molecule has 0 bridgehead atoms. The number of hydrogen-bond acceptors (Lipinski definition) is 3. The molecule has 28 heavy (non-hydrogen) atoms. The van der Waals surface area contributed by atoms with E-state index in [4.69, 9.17) is 4.74 Å². The molecule has 5 nitrogen and oxygen atoms in total. The van der Waals surface area contributed by atoms with Gasteiger partial charge in [-0.3, -0.25) is 0 Å². The molecule has 0 atom stereocenters. The summed E-state index contributed by atoms with van der Waals surface area (Å²) in [4.78, 5) is 16.6. The number of methoxy groups -OCH3 is 1. The van der Waals surface area contributed by atoms with Crippen molar-refractivity contribution < 1.29 is 13.9 Å². The Bertz CT molecular complexity index is 782. The van der Waals surface area contributed by atoms with Gasteiger partial charge in [0.1, 0.15) is 11.6 Å². The normalized spacial score (nSPS) is 14.7. The lowest BCUT2D eigenvalue weighted by Gasteiger charge is -2.36. The predicted molar refractivity (Wildman–Crippen MR) is 110 cm³/mol. The average molecular weight is 385 g/mol. The monoisotopic (exact) mass is 385 g/mol. The molecule has 2 amide bonds. The van der Waals surface area contributed by atoms with Crippen molar-refractivity contribution >= 4 is 11.7 Å². The number of amides is 2. The molecule has 1 saturated heterocycles. The van der Waals surface area contributed by atoms with E-state index in [1.165, 1.54) is 12.1 Å². The van der Waals surface area contributed by atoms with Crippen molar-refractivity contribution in [3.63, 3.8) is 0 Å². The van der Waals surface area contributed by atoms with Gasteiger partial charge in [-0.15, -0.1) is 0 Å². The first-order valence-corrected chi connectivity index (χ1v) is 9.57. The Balaban J connectivity index is 1.50. The minimum absolute atomic E-state index is 0.0413. The second-order valence-electron chi connectivity index (χ2n) is 7.72. The molecule has 0 aliphatic carbocycles. The van der Waals surface area contributed by atoms with Crippen molar-refractivity contribution in [1.82, 2.24) is 10.2 Å². The van der Waals surface area contributed by atoms with Gasteiger partial charge in [0, 0.05) is 43.8 Å². The fraction of sp³-hybridized carbons (Fsp3) is 0.409. The van der Waals surface area contributed by atoms with Crippen LogP contribution in [0.3, 0.4) is 0 Å². The van der Waals surface area contributed by atoms with Crippen LogP contribution in [0.25, 0.3) is 0 Å². The van der Waals surface area contributed by atoms with Gasteiger partial charge in [0.2, 0.25) is 0 Å². The fourth-order valence-electron chi connectivity index (χ4n) is 3.37. The number of urea groups is 1. The van der Waals surface area contributed by atoms with Crippen LogP contribution in [0.5, 0.6) is 5.75 Å². The summed E-state index contributed by atoms with van der Waals surface area (Å²) >= 11 is 0. The van der Waals surface area contributed by atoms with Crippen molar-refractivity contribution in [3.05, 3.63) is 59.9 Å². The Morgan fingerprint density at radius 3 is 2.21 bits per heavy atom. The van der Waals surface area contributed by atoms with Gasteiger partial charge in [-0.1, -0.05) is 26.0 Å². The second kappa shape index (κ2) is 8.50. The summed E-state index contributed by atoms with van der Waals surface area (Å²) < 4.78 is 18.3. The molecular formula is C22H28FN3O2. The molecule has 150 valence electrons. The summed E-state index contributed by atoms with van der Waals surface area (Å²) in [5.74, 6) is 0.587. The predicted octanol–water partition coefficient (Wildman–Crippen LogP) is 3.64. The van der Waals surface area contributed by atoms with Gasteiger partial charge >= 0.3 is 6.03 Å². The lowest BCUT2D eigenvalue weighted by atomic mass is 9.84. The summed E-state index contributed by atoms with van der Waals surface area (Å²) in [5.41, 5.74) is 1.95. The Kier molecular flexibility index (Phi) is 6.07. The van der Waals surface area contributed by atoms with E-state index in [2.05, 4.69) is 24.1 Å². The summed E-state index contributed by atoms with van der Waals surface area (Å²) in [6.45, 7) is 7.54. The lowest BCUT2D eigenvalue weighted by Crippen LogP contribution is -2.53. The van der Waals surface area contributed by atoms with Crippen LogP contribution in [-0.4, -0.2) is 50.8 Å². The highest BCUT2D eigenvalue weighted by molar-refractivity contribution is 5.74. The molecule has 0 saturated carbocycles. The van der Waals surface area contributed by atoms with Crippen molar-refractivity contribution in [1.29, 1.82) is 0 Å². The van der Waals surface area contributed by atoms with Gasteiger partial charge in [-0.2, -0.15) is 0 Å². The average Bonchev–Trinajstić information content (AvgIpc) is 2.73. The maximum atomic E-state index is 13.1. The zero-order valence-electron chi connectivity index (χ0n) is 16.7. The highest BCUT2D eigenvalue weighted by atomic mass is 19.1. The molecule has 2 aromatic carbocycles. The molecule has 2 aromatic rings. The number of hydrogen-bond donors (Lipinski definition) is 1. The van der Waals surface area contributed by atoms with Crippen LogP contribution in [0, 0.1) is 5.82 Å². The van der Waals surface area contributed by atoms with Crippen molar-refractivity contribution in [2.24, 2.45) is 0 Å². The zero-order valence-corrected chi connectivity index (χ0v) is 16.7. The van der Waals surface area contributed by atoms with Crippen LogP contribution >= 0.6 is 0 Å². The van der Waals surface area contributed by atoms with Crippen LogP contribution in [0.15, 0.2) is 48.5 Å². The number of halogens is 1. The first-order chi connectivity index (χ1) is 13.4. The largest absolute Gasteiger partial charge is 0.497 e. The molecule has 1 fully saturated rings. The third-order valence-corrected chi connectivity index (χ3v) is 5.31. The number of nitrogens with one attached hydrogen (secondary N) is 1. The Labute approximate surface area is 166 Å². The van der Waals surface area contributed by atoms with Crippen molar-refractivity contribution in [2.45, 2.75) is 19.3 Å². The highest BCUT2D eigenvalue weighted by Crippen LogP contribution is 2.24. The highest BCUT2D eigenvalue weighted by Gasteiger charge is 2.25. The maximum absolute atomic E-state index is 13.1. The third kappa shape index (κ3) is 4.74. The van der Waals surface area contributed by atoms with E-state index in [-0.39, 0.29) is 17.3 Å². The smallest absolute Gasteiger partial charge is 0.317 e. The molecule has 1 heterocycles. The zero-order chi connectivity index (χ0) is 20.1. The molecule has 1 N–H and O–H groups in total. The van der Waals surface area contributed by atoms with Gasteiger partial charge in [-0.05, 0) is 42.0 Å². The molecule has 0 radical (unpaired) electrons. The molecular weight excluding hydrogens is 357 g/mol. The quantitative estimate of drug-likeness (QED) is 0.855. The summed E-state index contributed by atoms with van der Waals surface area (Å²) in [6, 6.07) is 14.4. The minimum Gasteiger partial charge on any atom is -0.497 e. The van der Waals surface area contributed by atoms with E-state index >= 15 is 0 Å². The second-order valence-corrected chi connectivity index (χ2v) is 7.72. The number of nitrogens with zero attached hydrogens (tertiary/aromatic N) is 2. The number of piperazine rings is 1.